The lowest BCUT2D eigenvalue weighted by molar-refractivity contribution is -0.139. The summed E-state index contributed by atoms with van der Waals surface area (Å²) < 4.78 is 0. The summed E-state index contributed by atoms with van der Waals surface area (Å²) >= 11 is 0. The van der Waals surface area contributed by atoms with Crippen molar-refractivity contribution in [2.45, 2.75) is 32.2 Å². The molecule has 0 spiro atoms. The number of benzene rings is 1. The monoisotopic (exact) mass is 264 g/mol. The number of anilines is 1. The third-order valence-corrected chi connectivity index (χ3v) is 3.13. The van der Waals surface area contributed by atoms with Crippen LogP contribution in [0.4, 0.5) is 5.69 Å². The molecule has 2 N–H and O–H groups in total. The van der Waals surface area contributed by atoms with E-state index in [4.69, 9.17) is 5.11 Å². The lowest BCUT2D eigenvalue weighted by atomic mass is 10.1. The van der Waals surface area contributed by atoms with Gasteiger partial charge in [0.05, 0.1) is 0 Å². The molecular formula is C15H24N2O2. The Morgan fingerprint density at radius 2 is 2.05 bits per heavy atom. The van der Waals surface area contributed by atoms with Crippen molar-refractivity contribution in [1.29, 1.82) is 0 Å². The molecule has 0 fully saturated rings. The summed E-state index contributed by atoms with van der Waals surface area (Å²) in [5.41, 5.74) is 1.19. The highest BCUT2D eigenvalue weighted by Gasteiger charge is 2.14. The molecule has 0 saturated carbocycles. The number of aliphatic carboxylic acids is 1. The van der Waals surface area contributed by atoms with Crippen LogP contribution in [0, 0.1) is 0 Å². The second-order valence-electron chi connectivity index (χ2n) is 4.74. The van der Waals surface area contributed by atoms with Crippen LogP contribution in [0.3, 0.4) is 0 Å². The van der Waals surface area contributed by atoms with E-state index in [2.05, 4.69) is 29.4 Å². The Morgan fingerprint density at radius 1 is 1.37 bits per heavy atom. The standard InChI is InChI=1S/C15H24N2O2/c1-3-8-14(15(18)19)16-11-7-12-17(2)13-9-5-4-6-10-13/h4-6,9-10,14,16H,3,7-8,11-12H2,1-2H3,(H,18,19). The predicted molar refractivity (Wildman–Crippen MR) is 78.7 cm³/mol. The number of rotatable bonds is 9. The molecule has 0 heterocycles. The van der Waals surface area contributed by atoms with Gasteiger partial charge in [-0.2, -0.15) is 0 Å². The summed E-state index contributed by atoms with van der Waals surface area (Å²) in [4.78, 5) is 13.1. The molecule has 4 heteroatoms. The predicted octanol–water partition coefficient (Wildman–Crippen LogP) is 2.36. The van der Waals surface area contributed by atoms with Gasteiger partial charge in [-0.3, -0.25) is 4.79 Å². The molecule has 1 atom stereocenters. The van der Waals surface area contributed by atoms with Gasteiger partial charge in [-0.15, -0.1) is 0 Å². The first-order chi connectivity index (χ1) is 9.15. The Morgan fingerprint density at radius 3 is 2.63 bits per heavy atom. The normalized spacial score (nSPS) is 12.1. The average molecular weight is 264 g/mol. The van der Waals surface area contributed by atoms with Crippen molar-refractivity contribution in [2.75, 3.05) is 25.0 Å². The van der Waals surface area contributed by atoms with Gasteiger partial charge < -0.3 is 15.3 Å². The first-order valence-corrected chi connectivity index (χ1v) is 6.87. The van der Waals surface area contributed by atoms with E-state index in [0.29, 0.717) is 6.42 Å². The quantitative estimate of drug-likeness (QED) is 0.672. The van der Waals surface area contributed by atoms with Gasteiger partial charge in [0.25, 0.3) is 0 Å². The Labute approximate surface area is 115 Å². The molecule has 1 aromatic rings. The van der Waals surface area contributed by atoms with Gasteiger partial charge in [0, 0.05) is 19.3 Å². The summed E-state index contributed by atoms with van der Waals surface area (Å²) in [5, 5.41) is 12.1. The highest BCUT2D eigenvalue weighted by Crippen LogP contribution is 2.10. The number of carboxylic acids is 1. The van der Waals surface area contributed by atoms with Gasteiger partial charge in [-0.05, 0) is 31.5 Å². The number of carboxylic acid groups (broad SMARTS) is 1. The highest BCUT2D eigenvalue weighted by molar-refractivity contribution is 5.73. The summed E-state index contributed by atoms with van der Waals surface area (Å²) in [7, 11) is 2.05. The fourth-order valence-corrected chi connectivity index (χ4v) is 2.01. The Bertz CT molecular complexity index is 368. The van der Waals surface area contributed by atoms with E-state index in [9.17, 15) is 4.79 Å². The molecule has 0 aliphatic rings. The van der Waals surface area contributed by atoms with Gasteiger partial charge in [0.1, 0.15) is 6.04 Å². The molecule has 1 unspecified atom stereocenters. The van der Waals surface area contributed by atoms with Gasteiger partial charge >= 0.3 is 5.97 Å². The molecule has 0 amide bonds. The Hall–Kier alpha value is -1.55. The maximum Gasteiger partial charge on any atom is 0.320 e. The van der Waals surface area contributed by atoms with Gasteiger partial charge in [0.15, 0.2) is 0 Å². The van der Waals surface area contributed by atoms with Crippen molar-refractivity contribution in [3.8, 4) is 0 Å². The molecule has 0 bridgehead atoms. The smallest absolute Gasteiger partial charge is 0.320 e. The van der Waals surface area contributed by atoms with Crippen molar-refractivity contribution < 1.29 is 9.90 Å². The minimum Gasteiger partial charge on any atom is -0.480 e. The highest BCUT2D eigenvalue weighted by atomic mass is 16.4. The van der Waals surface area contributed by atoms with E-state index in [1.165, 1.54) is 5.69 Å². The van der Waals surface area contributed by atoms with E-state index in [1.54, 1.807) is 0 Å². The molecule has 1 aromatic carbocycles. The zero-order chi connectivity index (χ0) is 14.1. The van der Waals surface area contributed by atoms with Crippen molar-refractivity contribution in [3.63, 3.8) is 0 Å². The van der Waals surface area contributed by atoms with Crippen molar-refractivity contribution in [1.82, 2.24) is 5.32 Å². The number of para-hydroxylation sites is 1. The molecule has 1 rings (SSSR count). The molecule has 106 valence electrons. The van der Waals surface area contributed by atoms with E-state index in [-0.39, 0.29) is 0 Å². The largest absolute Gasteiger partial charge is 0.480 e. The molecular weight excluding hydrogens is 240 g/mol. The van der Waals surface area contributed by atoms with Crippen LogP contribution in [0.2, 0.25) is 0 Å². The van der Waals surface area contributed by atoms with Crippen LogP contribution < -0.4 is 10.2 Å². The first-order valence-electron chi connectivity index (χ1n) is 6.87. The summed E-state index contributed by atoms with van der Waals surface area (Å²) in [6.45, 7) is 3.64. The number of hydrogen-bond donors (Lipinski definition) is 2. The minimum absolute atomic E-state index is 0.410. The van der Waals surface area contributed by atoms with E-state index < -0.39 is 12.0 Å². The summed E-state index contributed by atoms with van der Waals surface area (Å²) in [6, 6.07) is 9.78. The summed E-state index contributed by atoms with van der Waals surface area (Å²) in [5.74, 6) is -0.752. The molecule has 0 aliphatic heterocycles. The van der Waals surface area contributed by atoms with Crippen LogP contribution in [-0.2, 0) is 4.79 Å². The third-order valence-electron chi connectivity index (χ3n) is 3.13. The maximum absolute atomic E-state index is 11.0. The number of nitrogens with one attached hydrogen (secondary N) is 1. The zero-order valence-corrected chi connectivity index (χ0v) is 11.8. The number of carbonyl (C=O) groups is 1. The average Bonchev–Trinajstić information content (AvgIpc) is 2.42. The van der Waals surface area contributed by atoms with Gasteiger partial charge in [-0.25, -0.2) is 0 Å². The fourth-order valence-electron chi connectivity index (χ4n) is 2.01. The topological polar surface area (TPSA) is 52.6 Å². The number of hydrogen-bond acceptors (Lipinski definition) is 3. The van der Waals surface area contributed by atoms with Crippen LogP contribution in [-0.4, -0.2) is 37.3 Å². The molecule has 4 nitrogen and oxygen atoms in total. The zero-order valence-electron chi connectivity index (χ0n) is 11.8. The Balaban J connectivity index is 2.25. The molecule has 0 saturated heterocycles. The molecule has 0 radical (unpaired) electrons. The van der Waals surface area contributed by atoms with E-state index in [0.717, 1.165) is 25.9 Å². The lowest BCUT2D eigenvalue weighted by Gasteiger charge is -2.20. The van der Waals surface area contributed by atoms with Gasteiger partial charge in [0.2, 0.25) is 0 Å². The summed E-state index contributed by atoms with van der Waals surface area (Å²) in [6.07, 6.45) is 2.50. The first kappa shape index (κ1) is 15.5. The fraction of sp³-hybridized carbons (Fsp3) is 0.533. The molecule has 0 aromatic heterocycles. The van der Waals surface area contributed by atoms with Gasteiger partial charge in [-0.1, -0.05) is 31.5 Å². The lowest BCUT2D eigenvalue weighted by Crippen LogP contribution is -2.38. The minimum atomic E-state index is -0.752. The molecule has 19 heavy (non-hydrogen) atoms. The SMILES string of the molecule is CCCC(NCCCN(C)c1ccccc1)C(=O)O. The van der Waals surface area contributed by atoms with Crippen LogP contribution in [0.25, 0.3) is 0 Å². The van der Waals surface area contributed by atoms with Crippen molar-refractivity contribution in [3.05, 3.63) is 30.3 Å². The van der Waals surface area contributed by atoms with E-state index in [1.807, 2.05) is 25.1 Å². The van der Waals surface area contributed by atoms with Crippen molar-refractivity contribution >= 4 is 11.7 Å². The van der Waals surface area contributed by atoms with E-state index >= 15 is 0 Å². The molecule has 0 aliphatic carbocycles. The van der Waals surface area contributed by atoms with Crippen LogP contribution in [0.1, 0.15) is 26.2 Å². The second kappa shape index (κ2) is 8.53. The Kier molecular flexibility index (Phi) is 6.97. The van der Waals surface area contributed by atoms with Crippen LogP contribution in [0.15, 0.2) is 30.3 Å². The number of nitrogens with zero attached hydrogens (tertiary/aromatic N) is 1. The second-order valence-corrected chi connectivity index (χ2v) is 4.74. The van der Waals surface area contributed by atoms with Crippen LogP contribution >= 0.6 is 0 Å². The van der Waals surface area contributed by atoms with Crippen LogP contribution in [0.5, 0.6) is 0 Å². The third kappa shape index (κ3) is 5.75. The maximum atomic E-state index is 11.0. The van der Waals surface area contributed by atoms with Crippen molar-refractivity contribution in [2.24, 2.45) is 0 Å².